The van der Waals surface area contributed by atoms with Gasteiger partial charge < -0.3 is 5.21 Å². The molecule has 0 atom stereocenters. The van der Waals surface area contributed by atoms with E-state index in [1.165, 1.54) is 36.4 Å². The van der Waals surface area contributed by atoms with Gasteiger partial charge in [-0.2, -0.15) is 0 Å². The molecule has 6 nitrogen and oxygen atoms in total. The summed E-state index contributed by atoms with van der Waals surface area (Å²) in [6, 6.07) is 9.82. The summed E-state index contributed by atoms with van der Waals surface area (Å²) in [5, 5.41) is 27.0. The van der Waals surface area contributed by atoms with Crippen LogP contribution >= 0.6 is 23.2 Å². The lowest BCUT2D eigenvalue weighted by Crippen LogP contribution is -1.93. The number of hydrogen-bond acceptors (Lipinski definition) is 4. The Bertz CT molecular complexity index is 687. The van der Waals surface area contributed by atoms with Crippen molar-refractivity contribution in [2.45, 2.75) is 0 Å². The Labute approximate surface area is 123 Å². The highest BCUT2D eigenvalue weighted by Crippen LogP contribution is 2.31. The van der Waals surface area contributed by atoms with E-state index in [0.717, 1.165) is 6.07 Å². The van der Waals surface area contributed by atoms with E-state index in [1.54, 1.807) is 0 Å². The van der Waals surface area contributed by atoms with Crippen LogP contribution in [0.4, 0.5) is 17.1 Å². The van der Waals surface area contributed by atoms with Crippen molar-refractivity contribution in [1.82, 2.24) is 0 Å². The average Bonchev–Trinajstić information content (AvgIpc) is 2.41. The Morgan fingerprint density at radius 1 is 0.950 bits per heavy atom. The zero-order chi connectivity index (χ0) is 14.7. The van der Waals surface area contributed by atoms with Crippen LogP contribution in [0.5, 0.6) is 0 Å². The molecule has 0 aliphatic carbocycles. The van der Waals surface area contributed by atoms with Gasteiger partial charge in [0, 0.05) is 33.4 Å². The summed E-state index contributed by atoms with van der Waals surface area (Å²) in [5.41, 5.74) is -0.213. The smallest absolute Gasteiger partial charge is 0.302 e. The van der Waals surface area contributed by atoms with Gasteiger partial charge in [0.1, 0.15) is 0 Å². The molecule has 0 aliphatic rings. The number of rotatable bonds is 3. The van der Waals surface area contributed by atoms with Gasteiger partial charge in [0.2, 0.25) is 11.4 Å². The van der Waals surface area contributed by atoms with Crippen LogP contribution in [0.25, 0.3) is 0 Å². The van der Waals surface area contributed by atoms with E-state index in [2.05, 4.69) is 5.11 Å². The molecule has 0 saturated carbocycles. The number of halogens is 2. The Balaban J connectivity index is 2.44. The minimum Gasteiger partial charge on any atom is -0.594 e. The quantitative estimate of drug-likeness (QED) is 0.352. The van der Waals surface area contributed by atoms with Crippen LogP contribution in [0.15, 0.2) is 47.6 Å². The molecule has 0 aliphatic heterocycles. The third-order valence-corrected chi connectivity index (χ3v) is 2.87. The maximum absolute atomic E-state index is 11.8. The minimum absolute atomic E-state index is 0.0793. The van der Waals surface area contributed by atoms with Crippen LogP contribution in [-0.2, 0) is 0 Å². The molecule has 2 aromatic carbocycles. The van der Waals surface area contributed by atoms with Crippen molar-refractivity contribution in [3.63, 3.8) is 0 Å². The van der Waals surface area contributed by atoms with E-state index in [-0.39, 0.29) is 26.9 Å². The highest BCUT2D eigenvalue weighted by Gasteiger charge is 2.17. The van der Waals surface area contributed by atoms with Gasteiger partial charge in [0.15, 0.2) is 0 Å². The van der Waals surface area contributed by atoms with E-state index in [0.29, 0.717) is 5.02 Å². The normalized spacial score (nSPS) is 11.4. The number of azo groups is 1. The zero-order valence-corrected chi connectivity index (χ0v) is 11.4. The number of hydrogen-bond donors (Lipinski definition) is 0. The Hall–Kier alpha value is -2.18. The van der Waals surface area contributed by atoms with Crippen molar-refractivity contribution >= 4 is 40.3 Å². The van der Waals surface area contributed by atoms with Crippen molar-refractivity contribution in [2.24, 2.45) is 5.11 Å². The Morgan fingerprint density at radius 3 is 2.15 bits per heavy atom. The largest absolute Gasteiger partial charge is 0.594 e. The lowest BCUT2D eigenvalue weighted by Gasteiger charge is -2.00. The summed E-state index contributed by atoms with van der Waals surface area (Å²) < 4.78 is 0. The fourth-order valence-electron chi connectivity index (χ4n) is 1.45. The summed E-state index contributed by atoms with van der Waals surface area (Å²) in [6.45, 7) is 0. The van der Waals surface area contributed by atoms with Crippen LogP contribution in [0.2, 0.25) is 10.0 Å². The molecule has 2 aromatic rings. The third-order valence-electron chi connectivity index (χ3n) is 2.38. The first-order valence-corrected chi connectivity index (χ1v) is 6.11. The summed E-state index contributed by atoms with van der Waals surface area (Å²) >= 11 is 11.4. The number of nitro groups is 1. The van der Waals surface area contributed by atoms with Gasteiger partial charge in [0.05, 0.1) is 4.92 Å². The summed E-state index contributed by atoms with van der Waals surface area (Å²) in [5.74, 6) is 0. The van der Waals surface area contributed by atoms with Crippen LogP contribution in [0.3, 0.4) is 0 Å². The fraction of sp³-hybridized carbons (Fsp3) is 0. The predicted octanol–water partition coefficient (Wildman–Crippen LogP) is 4.83. The second-order valence-corrected chi connectivity index (χ2v) is 4.61. The lowest BCUT2D eigenvalue weighted by atomic mass is 10.3. The third kappa shape index (κ3) is 3.23. The van der Waals surface area contributed by atoms with Crippen LogP contribution < -0.4 is 0 Å². The maximum Gasteiger partial charge on any atom is 0.302 e. The van der Waals surface area contributed by atoms with Crippen LogP contribution in [0, 0.1) is 15.3 Å². The molecule has 20 heavy (non-hydrogen) atoms. The average molecular weight is 312 g/mol. The van der Waals surface area contributed by atoms with Crippen molar-refractivity contribution in [3.05, 3.63) is 67.8 Å². The summed E-state index contributed by atoms with van der Waals surface area (Å²) in [7, 11) is 0. The fourth-order valence-corrected chi connectivity index (χ4v) is 1.74. The van der Waals surface area contributed by atoms with Crippen LogP contribution in [-0.4, -0.2) is 9.78 Å². The van der Waals surface area contributed by atoms with Gasteiger partial charge in [0.25, 0.3) is 0 Å². The first-order valence-electron chi connectivity index (χ1n) is 5.36. The molecule has 0 bridgehead atoms. The molecule has 0 fully saturated rings. The van der Waals surface area contributed by atoms with E-state index < -0.39 is 4.92 Å². The monoisotopic (exact) mass is 311 g/mol. The van der Waals surface area contributed by atoms with Gasteiger partial charge in [-0.3, -0.25) is 10.1 Å². The molecule has 0 N–H and O–H groups in total. The molecule has 102 valence electrons. The van der Waals surface area contributed by atoms with E-state index in [4.69, 9.17) is 23.2 Å². The predicted molar refractivity (Wildman–Crippen MR) is 74.9 cm³/mol. The van der Waals surface area contributed by atoms with Crippen LogP contribution in [0.1, 0.15) is 0 Å². The standard InChI is InChI=1S/C12H7Cl2N3O3/c13-8-1-4-10(5-2-8)16(18)15-11-6-3-9(14)7-12(11)17(19)20/h1-7H. The van der Waals surface area contributed by atoms with Crippen molar-refractivity contribution in [1.29, 1.82) is 0 Å². The highest BCUT2D eigenvalue weighted by atomic mass is 35.5. The number of nitro benzene ring substituents is 1. The van der Waals surface area contributed by atoms with Gasteiger partial charge in [-0.05, 0) is 29.1 Å². The topological polar surface area (TPSA) is 81.6 Å². The molecular weight excluding hydrogens is 305 g/mol. The Morgan fingerprint density at radius 2 is 1.55 bits per heavy atom. The first-order chi connectivity index (χ1) is 9.47. The minimum atomic E-state index is -0.652. The number of benzene rings is 2. The molecule has 8 heteroatoms. The number of nitrogens with zero attached hydrogens (tertiary/aromatic N) is 3. The maximum atomic E-state index is 11.8. The first kappa shape index (κ1) is 14.2. The van der Waals surface area contributed by atoms with Crippen molar-refractivity contribution < 1.29 is 9.78 Å². The molecule has 0 heterocycles. The summed E-state index contributed by atoms with van der Waals surface area (Å²) in [6.07, 6.45) is 0. The Kier molecular flexibility index (Phi) is 4.16. The SMILES string of the molecule is O=[N+]([O-])c1cc(Cl)ccc1N=[N+]([O-])c1ccc(Cl)cc1. The van der Waals surface area contributed by atoms with Gasteiger partial charge in [-0.25, -0.2) is 0 Å². The molecule has 0 spiro atoms. The molecule has 0 aromatic heterocycles. The van der Waals surface area contributed by atoms with E-state index in [1.807, 2.05) is 0 Å². The van der Waals surface area contributed by atoms with E-state index >= 15 is 0 Å². The van der Waals surface area contributed by atoms with E-state index in [9.17, 15) is 15.3 Å². The molecule has 0 unspecified atom stereocenters. The lowest BCUT2D eigenvalue weighted by molar-refractivity contribution is -0.437. The van der Waals surface area contributed by atoms with Crippen molar-refractivity contribution in [2.75, 3.05) is 0 Å². The van der Waals surface area contributed by atoms with Gasteiger partial charge in [-0.15, -0.1) is 0 Å². The zero-order valence-electron chi connectivity index (χ0n) is 9.86. The second-order valence-electron chi connectivity index (χ2n) is 3.74. The second kappa shape index (κ2) is 5.85. The molecule has 0 radical (unpaired) electrons. The highest BCUT2D eigenvalue weighted by molar-refractivity contribution is 6.31. The molecule has 0 amide bonds. The summed E-state index contributed by atoms with van der Waals surface area (Å²) in [4.78, 5) is 10.5. The van der Waals surface area contributed by atoms with Gasteiger partial charge >= 0.3 is 5.69 Å². The van der Waals surface area contributed by atoms with Gasteiger partial charge in [-0.1, -0.05) is 23.2 Å². The molecule has 0 saturated heterocycles. The van der Waals surface area contributed by atoms with Crippen molar-refractivity contribution in [3.8, 4) is 0 Å². The molecular formula is C12H7Cl2N3O3. The molecule has 2 rings (SSSR count).